The number of hydrogen-bond acceptors (Lipinski definition) is 3. The van der Waals surface area contributed by atoms with Gasteiger partial charge in [0.25, 0.3) is 0 Å². The number of carbonyl (C=O) groups is 1. The van der Waals surface area contributed by atoms with Crippen LogP contribution in [-0.2, 0) is 4.74 Å². The zero-order valence-electron chi connectivity index (χ0n) is 16.9. The molecule has 1 saturated heterocycles. The summed E-state index contributed by atoms with van der Waals surface area (Å²) in [6.45, 7) is 9.55. The maximum atomic E-state index is 12.1. The number of likely N-dealkylation sites (tertiary alicyclic amines) is 1. The van der Waals surface area contributed by atoms with Crippen LogP contribution in [0.15, 0.2) is 29.2 Å². The standard InChI is InChI=1S/C22H33NO2S/c1-17-16-19(10-11-20(17)26-5)9-7-6-8-18-12-14-23(15-13-18)21(24)25-22(2,3)4/h7,9-11,16,18H,6,8,12-15H2,1-5H3. The molecule has 1 aliphatic heterocycles. The Labute approximate surface area is 163 Å². The highest BCUT2D eigenvalue weighted by Crippen LogP contribution is 2.24. The van der Waals surface area contributed by atoms with E-state index in [4.69, 9.17) is 4.74 Å². The minimum absolute atomic E-state index is 0.167. The summed E-state index contributed by atoms with van der Waals surface area (Å²) < 4.78 is 5.46. The number of hydrogen-bond donors (Lipinski definition) is 0. The molecule has 0 aromatic heterocycles. The summed E-state index contributed by atoms with van der Waals surface area (Å²) in [5.41, 5.74) is 2.21. The van der Waals surface area contributed by atoms with Crippen LogP contribution < -0.4 is 0 Å². The highest BCUT2D eigenvalue weighted by molar-refractivity contribution is 7.98. The third kappa shape index (κ3) is 6.71. The van der Waals surface area contributed by atoms with E-state index in [-0.39, 0.29) is 6.09 Å². The summed E-state index contributed by atoms with van der Waals surface area (Å²) in [6, 6.07) is 6.64. The smallest absolute Gasteiger partial charge is 0.410 e. The molecule has 1 heterocycles. The molecule has 0 saturated carbocycles. The molecule has 1 amide bonds. The summed E-state index contributed by atoms with van der Waals surface area (Å²) >= 11 is 1.80. The molecule has 0 unspecified atom stereocenters. The number of rotatable bonds is 5. The first-order chi connectivity index (χ1) is 12.3. The van der Waals surface area contributed by atoms with Crippen LogP contribution in [-0.4, -0.2) is 35.9 Å². The van der Waals surface area contributed by atoms with Crippen LogP contribution in [0.1, 0.15) is 57.6 Å². The number of allylic oxidation sites excluding steroid dienone is 1. The third-order valence-corrected chi connectivity index (χ3v) is 5.63. The molecule has 1 aromatic rings. The van der Waals surface area contributed by atoms with E-state index in [0.717, 1.165) is 32.4 Å². The van der Waals surface area contributed by atoms with Gasteiger partial charge in [0.15, 0.2) is 0 Å². The lowest BCUT2D eigenvalue weighted by atomic mass is 9.92. The van der Waals surface area contributed by atoms with Gasteiger partial charge in [-0.05, 0) is 82.7 Å². The van der Waals surface area contributed by atoms with Crippen molar-refractivity contribution in [3.8, 4) is 0 Å². The lowest BCUT2D eigenvalue weighted by Gasteiger charge is -2.33. The van der Waals surface area contributed by atoms with Gasteiger partial charge in [-0.15, -0.1) is 11.8 Å². The average molecular weight is 376 g/mol. The van der Waals surface area contributed by atoms with E-state index in [1.165, 1.54) is 22.4 Å². The lowest BCUT2D eigenvalue weighted by Crippen LogP contribution is -2.41. The lowest BCUT2D eigenvalue weighted by molar-refractivity contribution is 0.0181. The van der Waals surface area contributed by atoms with Crippen LogP contribution in [0.3, 0.4) is 0 Å². The van der Waals surface area contributed by atoms with Crippen molar-refractivity contribution in [2.24, 2.45) is 5.92 Å². The molecule has 0 N–H and O–H groups in total. The number of ether oxygens (including phenoxy) is 1. The van der Waals surface area contributed by atoms with E-state index in [9.17, 15) is 4.79 Å². The number of aryl methyl sites for hydroxylation is 1. The highest BCUT2D eigenvalue weighted by atomic mass is 32.2. The third-order valence-electron chi connectivity index (χ3n) is 4.74. The largest absolute Gasteiger partial charge is 0.444 e. The number of piperidine rings is 1. The van der Waals surface area contributed by atoms with Gasteiger partial charge in [0.2, 0.25) is 0 Å². The number of carbonyl (C=O) groups excluding carboxylic acids is 1. The van der Waals surface area contributed by atoms with Gasteiger partial charge in [-0.3, -0.25) is 0 Å². The minimum Gasteiger partial charge on any atom is -0.444 e. The second-order valence-electron chi connectivity index (χ2n) is 8.12. The van der Waals surface area contributed by atoms with Crippen molar-refractivity contribution in [2.45, 2.75) is 63.9 Å². The van der Waals surface area contributed by atoms with Gasteiger partial charge in [0, 0.05) is 18.0 Å². The molecule has 0 atom stereocenters. The molecule has 0 spiro atoms. The van der Waals surface area contributed by atoms with Crippen LogP contribution in [0.5, 0.6) is 0 Å². The van der Waals surface area contributed by atoms with E-state index in [1.54, 1.807) is 11.8 Å². The molecule has 0 radical (unpaired) electrons. The first-order valence-electron chi connectivity index (χ1n) is 9.57. The molecule has 0 aliphatic carbocycles. The molecule has 144 valence electrons. The zero-order valence-corrected chi connectivity index (χ0v) is 17.7. The van der Waals surface area contributed by atoms with Gasteiger partial charge in [-0.25, -0.2) is 4.79 Å². The Kier molecular flexibility index (Phi) is 7.63. The fourth-order valence-electron chi connectivity index (χ4n) is 3.29. The highest BCUT2D eigenvalue weighted by Gasteiger charge is 2.26. The van der Waals surface area contributed by atoms with Crippen molar-refractivity contribution in [1.82, 2.24) is 4.90 Å². The molecular formula is C22H33NO2S. The van der Waals surface area contributed by atoms with Crippen LogP contribution in [0.25, 0.3) is 6.08 Å². The van der Waals surface area contributed by atoms with Crippen molar-refractivity contribution < 1.29 is 9.53 Å². The number of nitrogens with zero attached hydrogens (tertiary/aromatic N) is 1. The number of benzene rings is 1. The van der Waals surface area contributed by atoms with Crippen LogP contribution in [0, 0.1) is 12.8 Å². The van der Waals surface area contributed by atoms with Crippen LogP contribution in [0.2, 0.25) is 0 Å². The minimum atomic E-state index is -0.412. The molecular weight excluding hydrogens is 342 g/mol. The normalized spacial score (nSPS) is 16.3. The van der Waals surface area contributed by atoms with Crippen molar-refractivity contribution in [3.05, 3.63) is 35.4 Å². The zero-order chi connectivity index (χ0) is 19.2. The Bertz CT molecular complexity index is 626. The second-order valence-corrected chi connectivity index (χ2v) is 8.97. The molecule has 1 aromatic carbocycles. The fraction of sp³-hybridized carbons (Fsp3) is 0.591. The van der Waals surface area contributed by atoms with E-state index < -0.39 is 5.60 Å². The molecule has 4 heteroatoms. The summed E-state index contributed by atoms with van der Waals surface area (Å²) in [6.07, 6.45) is 10.9. The first-order valence-corrected chi connectivity index (χ1v) is 10.8. The van der Waals surface area contributed by atoms with Gasteiger partial charge in [-0.1, -0.05) is 24.3 Å². The Balaban J connectivity index is 1.72. The van der Waals surface area contributed by atoms with E-state index >= 15 is 0 Å². The fourth-order valence-corrected chi connectivity index (χ4v) is 3.87. The van der Waals surface area contributed by atoms with Crippen LogP contribution in [0.4, 0.5) is 4.79 Å². The van der Waals surface area contributed by atoms with E-state index in [1.807, 2.05) is 25.7 Å². The maximum absolute atomic E-state index is 12.1. The predicted octanol–water partition coefficient (Wildman–Crippen LogP) is 6.16. The second kappa shape index (κ2) is 9.50. The van der Waals surface area contributed by atoms with Gasteiger partial charge in [-0.2, -0.15) is 0 Å². The predicted molar refractivity (Wildman–Crippen MR) is 112 cm³/mol. The number of amides is 1. The Morgan fingerprint density at radius 3 is 2.58 bits per heavy atom. The maximum Gasteiger partial charge on any atom is 0.410 e. The Morgan fingerprint density at radius 1 is 1.31 bits per heavy atom. The van der Waals surface area contributed by atoms with Gasteiger partial charge in [0.1, 0.15) is 5.60 Å². The van der Waals surface area contributed by atoms with Crippen molar-refractivity contribution in [2.75, 3.05) is 19.3 Å². The summed E-state index contributed by atoms with van der Waals surface area (Å²) in [5, 5.41) is 0. The van der Waals surface area contributed by atoms with Gasteiger partial charge >= 0.3 is 6.09 Å². The van der Waals surface area contributed by atoms with Crippen LogP contribution >= 0.6 is 11.8 Å². The molecule has 1 aliphatic rings. The van der Waals surface area contributed by atoms with Crippen molar-refractivity contribution in [3.63, 3.8) is 0 Å². The average Bonchev–Trinajstić information content (AvgIpc) is 2.58. The summed E-state index contributed by atoms with van der Waals surface area (Å²) in [5.74, 6) is 0.707. The molecule has 0 bridgehead atoms. The molecule has 1 fully saturated rings. The number of thioether (sulfide) groups is 1. The van der Waals surface area contributed by atoms with E-state index in [2.05, 4.69) is 43.5 Å². The Morgan fingerprint density at radius 2 is 2.00 bits per heavy atom. The van der Waals surface area contributed by atoms with Gasteiger partial charge < -0.3 is 9.64 Å². The molecule has 3 nitrogen and oxygen atoms in total. The first kappa shape index (κ1) is 20.9. The SMILES string of the molecule is CSc1ccc(C=CCCC2CCN(C(=O)OC(C)(C)C)CC2)cc1C. The van der Waals surface area contributed by atoms with E-state index in [0.29, 0.717) is 5.92 Å². The Hall–Kier alpha value is -1.42. The van der Waals surface area contributed by atoms with Crippen molar-refractivity contribution >= 4 is 23.9 Å². The van der Waals surface area contributed by atoms with Crippen molar-refractivity contribution in [1.29, 1.82) is 0 Å². The summed E-state index contributed by atoms with van der Waals surface area (Å²) in [7, 11) is 0. The monoisotopic (exact) mass is 375 g/mol. The quantitative estimate of drug-likeness (QED) is 0.577. The summed E-state index contributed by atoms with van der Waals surface area (Å²) in [4.78, 5) is 15.3. The molecule has 26 heavy (non-hydrogen) atoms. The van der Waals surface area contributed by atoms with Gasteiger partial charge in [0.05, 0.1) is 0 Å². The topological polar surface area (TPSA) is 29.5 Å². The molecule has 2 rings (SSSR count).